The van der Waals surface area contributed by atoms with E-state index in [1.807, 2.05) is 18.2 Å². The maximum atomic E-state index is 5.48. The minimum absolute atomic E-state index is 0.348. The molecule has 3 N–H and O–H groups in total. The van der Waals surface area contributed by atoms with E-state index in [-0.39, 0.29) is 0 Å². The predicted molar refractivity (Wildman–Crippen MR) is 62.8 cm³/mol. The summed E-state index contributed by atoms with van der Waals surface area (Å²) in [6.07, 6.45) is 3.33. The van der Waals surface area contributed by atoms with E-state index in [1.165, 1.54) is 0 Å². The Hall–Kier alpha value is -2.34. The molecule has 0 aliphatic heterocycles. The minimum atomic E-state index is 0.348. The number of fused-ring (bicyclic) bond motifs is 1. The number of aromatic nitrogens is 5. The van der Waals surface area contributed by atoms with Crippen molar-refractivity contribution < 1.29 is 0 Å². The van der Waals surface area contributed by atoms with Gasteiger partial charge in [-0.3, -0.25) is 15.1 Å². The van der Waals surface area contributed by atoms with Crippen molar-refractivity contribution in [1.29, 1.82) is 0 Å². The van der Waals surface area contributed by atoms with Crippen LogP contribution < -0.4 is 5.73 Å². The van der Waals surface area contributed by atoms with Crippen molar-refractivity contribution in [3.63, 3.8) is 0 Å². The van der Waals surface area contributed by atoms with Crippen molar-refractivity contribution in [2.75, 3.05) is 0 Å². The molecule has 0 bridgehead atoms. The molecule has 84 valence electrons. The summed E-state index contributed by atoms with van der Waals surface area (Å²) in [6, 6.07) is 5.72. The van der Waals surface area contributed by atoms with Gasteiger partial charge in [0.15, 0.2) is 5.82 Å². The first kappa shape index (κ1) is 9.86. The molecule has 0 atom stereocenters. The maximum Gasteiger partial charge on any atom is 0.181 e. The summed E-state index contributed by atoms with van der Waals surface area (Å²) in [7, 11) is 0. The first-order chi connectivity index (χ1) is 8.36. The molecule has 2 aromatic heterocycles. The summed E-state index contributed by atoms with van der Waals surface area (Å²) < 4.78 is 0. The molecular formula is C11H10N6. The highest BCUT2D eigenvalue weighted by molar-refractivity contribution is 5.79. The van der Waals surface area contributed by atoms with Crippen LogP contribution in [-0.2, 0) is 6.54 Å². The first-order valence-electron chi connectivity index (χ1n) is 5.19. The van der Waals surface area contributed by atoms with Gasteiger partial charge in [0.2, 0.25) is 0 Å². The van der Waals surface area contributed by atoms with Crippen molar-refractivity contribution in [3.05, 3.63) is 36.4 Å². The molecule has 0 fully saturated rings. The van der Waals surface area contributed by atoms with Gasteiger partial charge in [-0.05, 0) is 18.2 Å². The van der Waals surface area contributed by atoms with E-state index < -0.39 is 0 Å². The highest BCUT2D eigenvalue weighted by Crippen LogP contribution is 2.18. The number of benzene rings is 1. The third kappa shape index (κ3) is 1.74. The lowest BCUT2D eigenvalue weighted by molar-refractivity contribution is 0.917. The van der Waals surface area contributed by atoms with Gasteiger partial charge in [0, 0.05) is 18.0 Å². The molecule has 0 radical (unpaired) electrons. The molecule has 0 aliphatic rings. The number of hydrogen-bond donors (Lipinski definition) is 2. The Morgan fingerprint density at radius 1 is 1.12 bits per heavy atom. The Labute approximate surface area is 96.9 Å². The van der Waals surface area contributed by atoms with E-state index in [4.69, 9.17) is 5.73 Å². The Morgan fingerprint density at radius 2 is 1.94 bits per heavy atom. The molecule has 0 saturated heterocycles. The quantitative estimate of drug-likeness (QED) is 0.676. The molecule has 6 nitrogen and oxygen atoms in total. The van der Waals surface area contributed by atoms with Gasteiger partial charge in [-0.1, -0.05) is 0 Å². The van der Waals surface area contributed by atoms with Crippen molar-refractivity contribution in [3.8, 4) is 11.4 Å². The molecule has 1 aromatic carbocycles. The lowest BCUT2D eigenvalue weighted by Crippen LogP contribution is -1.97. The van der Waals surface area contributed by atoms with Gasteiger partial charge >= 0.3 is 0 Å². The number of nitrogens with one attached hydrogen (secondary N) is 1. The normalized spacial score (nSPS) is 10.9. The molecular weight excluding hydrogens is 216 g/mol. The van der Waals surface area contributed by atoms with Crippen molar-refractivity contribution in [2.45, 2.75) is 6.54 Å². The monoisotopic (exact) mass is 226 g/mol. The zero-order valence-corrected chi connectivity index (χ0v) is 8.96. The summed E-state index contributed by atoms with van der Waals surface area (Å²) in [4.78, 5) is 12.7. The van der Waals surface area contributed by atoms with Gasteiger partial charge in [-0.25, -0.2) is 4.98 Å². The molecule has 17 heavy (non-hydrogen) atoms. The van der Waals surface area contributed by atoms with Gasteiger partial charge < -0.3 is 5.73 Å². The zero-order valence-electron chi connectivity index (χ0n) is 8.96. The van der Waals surface area contributed by atoms with Gasteiger partial charge in [0.25, 0.3) is 0 Å². The second kappa shape index (κ2) is 3.91. The Bertz CT molecular complexity index is 660. The fraction of sp³-hybridized carbons (Fsp3) is 0.0909. The Balaban J connectivity index is 2.11. The van der Waals surface area contributed by atoms with Gasteiger partial charge in [-0.2, -0.15) is 5.10 Å². The summed E-state index contributed by atoms with van der Waals surface area (Å²) in [6.45, 7) is 0.348. The second-order valence-electron chi connectivity index (χ2n) is 3.57. The average molecular weight is 226 g/mol. The van der Waals surface area contributed by atoms with Crippen LogP contribution in [0.2, 0.25) is 0 Å². The van der Waals surface area contributed by atoms with E-state index in [2.05, 4.69) is 25.1 Å². The highest BCUT2D eigenvalue weighted by Gasteiger charge is 2.06. The number of nitrogens with two attached hydrogens (primary N) is 1. The van der Waals surface area contributed by atoms with Crippen molar-refractivity contribution in [2.24, 2.45) is 5.73 Å². The van der Waals surface area contributed by atoms with Gasteiger partial charge in [-0.15, -0.1) is 0 Å². The highest BCUT2D eigenvalue weighted by atomic mass is 15.2. The number of nitrogens with zero attached hydrogens (tertiary/aromatic N) is 4. The third-order valence-electron chi connectivity index (χ3n) is 2.45. The van der Waals surface area contributed by atoms with Crippen LogP contribution in [0.4, 0.5) is 0 Å². The van der Waals surface area contributed by atoms with E-state index in [0.29, 0.717) is 18.2 Å². The standard InChI is InChI=1S/C11H10N6/c12-6-10-15-11(17-16-10)7-1-2-8-9(5-7)14-4-3-13-8/h1-5H,6,12H2,(H,15,16,17). The summed E-state index contributed by atoms with van der Waals surface area (Å²) >= 11 is 0. The first-order valence-corrected chi connectivity index (χ1v) is 5.19. The zero-order chi connectivity index (χ0) is 11.7. The van der Waals surface area contributed by atoms with Crippen LogP contribution in [0.15, 0.2) is 30.6 Å². The van der Waals surface area contributed by atoms with Crippen LogP contribution in [0, 0.1) is 0 Å². The lowest BCUT2D eigenvalue weighted by Gasteiger charge is -1.97. The predicted octanol–water partition coefficient (Wildman–Crippen LogP) is 0.874. The average Bonchev–Trinajstić information content (AvgIpc) is 2.87. The van der Waals surface area contributed by atoms with E-state index in [9.17, 15) is 0 Å². The van der Waals surface area contributed by atoms with Crippen LogP contribution in [0.3, 0.4) is 0 Å². The minimum Gasteiger partial charge on any atom is -0.324 e. The molecule has 0 amide bonds. The van der Waals surface area contributed by atoms with Crippen LogP contribution in [0.1, 0.15) is 5.82 Å². The Morgan fingerprint density at radius 3 is 2.71 bits per heavy atom. The fourth-order valence-electron chi connectivity index (χ4n) is 1.62. The number of hydrogen-bond acceptors (Lipinski definition) is 5. The topological polar surface area (TPSA) is 93.4 Å². The molecule has 0 spiro atoms. The van der Waals surface area contributed by atoms with Crippen LogP contribution in [0.25, 0.3) is 22.4 Å². The Kier molecular flexibility index (Phi) is 2.27. The molecule has 0 saturated carbocycles. The van der Waals surface area contributed by atoms with E-state index in [0.717, 1.165) is 16.6 Å². The van der Waals surface area contributed by atoms with Crippen LogP contribution in [-0.4, -0.2) is 25.1 Å². The SMILES string of the molecule is NCc1nc(-c2ccc3nccnc3c2)n[nH]1. The molecule has 0 unspecified atom stereocenters. The molecule has 6 heteroatoms. The fourth-order valence-corrected chi connectivity index (χ4v) is 1.62. The van der Waals surface area contributed by atoms with Crippen molar-refractivity contribution >= 4 is 11.0 Å². The summed E-state index contributed by atoms with van der Waals surface area (Å²) in [5.74, 6) is 1.29. The number of rotatable bonds is 2. The van der Waals surface area contributed by atoms with E-state index >= 15 is 0 Å². The van der Waals surface area contributed by atoms with Crippen LogP contribution >= 0.6 is 0 Å². The largest absolute Gasteiger partial charge is 0.324 e. The molecule has 2 heterocycles. The summed E-state index contributed by atoms with van der Waals surface area (Å²) in [5.41, 5.74) is 8.05. The number of H-pyrrole nitrogens is 1. The number of aromatic amines is 1. The van der Waals surface area contributed by atoms with Crippen molar-refractivity contribution in [1.82, 2.24) is 25.1 Å². The van der Waals surface area contributed by atoms with E-state index in [1.54, 1.807) is 12.4 Å². The molecule has 3 rings (SSSR count). The second-order valence-corrected chi connectivity index (χ2v) is 3.57. The van der Waals surface area contributed by atoms with Crippen LogP contribution in [0.5, 0.6) is 0 Å². The molecule has 3 aromatic rings. The molecule has 0 aliphatic carbocycles. The van der Waals surface area contributed by atoms with Gasteiger partial charge in [0.1, 0.15) is 5.82 Å². The summed E-state index contributed by atoms with van der Waals surface area (Å²) in [5, 5.41) is 6.88. The smallest absolute Gasteiger partial charge is 0.181 e. The third-order valence-corrected chi connectivity index (χ3v) is 2.45. The lowest BCUT2D eigenvalue weighted by atomic mass is 10.2. The maximum absolute atomic E-state index is 5.48. The van der Waals surface area contributed by atoms with Gasteiger partial charge in [0.05, 0.1) is 17.6 Å².